The molecule has 0 amide bonds. The number of rotatable bonds is 8. The normalized spacial score (nSPS) is 26.2. The third kappa shape index (κ3) is 5.40. The van der Waals surface area contributed by atoms with Gasteiger partial charge in [-0.1, -0.05) is 23.7 Å². The Labute approximate surface area is 230 Å². The third-order valence-corrected chi connectivity index (χ3v) is 8.25. The number of alkyl halides is 2. The number of aromatic nitrogens is 1. The lowest BCUT2D eigenvalue weighted by Crippen LogP contribution is -2.58. The monoisotopic (exact) mass is 583 g/mol. The highest BCUT2D eigenvalue weighted by molar-refractivity contribution is 7.11. The van der Waals surface area contributed by atoms with E-state index in [-0.39, 0.29) is 66.0 Å². The van der Waals surface area contributed by atoms with Crippen LogP contribution in [0.2, 0.25) is 5.02 Å². The van der Waals surface area contributed by atoms with Gasteiger partial charge in [-0.25, -0.2) is 19.2 Å². The molecule has 39 heavy (non-hydrogen) atoms. The minimum absolute atomic E-state index is 0.00164. The van der Waals surface area contributed by atoms with Crippen LogP contribution in [0.4, 0.5) is 13.2 Å². The molecule has 0 radical (unpaired) electrons. The Morgan fingerprint density at radius 3 is 2.77 bits per heavy atom. The van der Waals surface area contributed by atoms with Crippen molar-refractivity contribution in [3.8, 4) is 0 Å². The molecular weight excluding hydrogens is 559 g/mol. The summed E-state index contributed by atoms with van der Waals surface area (Å²) in [6.45, 7) is 1.46. The summed E-state index contributed by atoms with van der Waals surface area (Å²) in [5.41, 5.74) is 1.65. The van der Waals surface area contributed by atoms with Crippen LogP contribution in [0.5, 0.6) is 0 Å². The van der Waals surface area contributed by atoms with Crippen molar-refractivity contribution in [3.63, 3.8) is 0 Å². The minimum Gasteiger partial charge on any atom is -0.481 e. The highest BCUT2D eigenvalue weighted by atomic mass is 35.5. The van der Waals surface area contributed by atoms with Crippen LogP contribution in [-0.4, -0.2) is 57.6 Å². The first-order valence-electron chi connectivity index (χ1n) is 12.3. The zero-order chi connectivity index (χ0) is 27.9. The lowest BCUT2D eigenvalue weighted by atomic mass is 9.65. The van der Waals surface area contributed by atoms with Crippen LogP contribution in [0.25, 0.3) is 0 Å². The van der Waals surface area contributed by atoms with Crippen LogP contribution >= 0.6 is 22.9 Å². The Kier molecular flexibility index (Phi) is 7.44. The van der Waals surface area contributed by atoms with Gasteiger partial charge in [0.25, 0.3) is 0 Å². The van der Waals surface area contributed by atoms with Crippen LogP contribution in [0, 0.1) is 11.7 Å². The summed E-state index contributed by atoms with van der Waals surface area (Å²) >= 11 is 7.58. The second-order valence-electron chi connectivity index (χ2n) is 9.77. The first-order chi connectivity index (χ1) is 18.5. The Morgan fingerprint density at radius 1 is 1.33 bits per heavy atom. The molecule has 1 aromatic heterocycles. The van der Waals surface area contributed by atoms with Gasteiger partial charge in [-0.15, -0.1) is 11.3 Å². The third-order valence-electron chi connectivity index (χ3n) is 7.07. The van der Waals surface area contributed by atoms with Crippen molar-refractivity contribution in [2.45, 2.75) is 50.2 Å². The zero-order valence-corrected chi connectivity index (χ0v) is 22.3. The van der Waals surface area contributed by atoms with Gasteiger partial charge in [0.1, 0.15) is 11.9 Å². The fourth-order valence-corrected chi connectivity index (χ4v) is 6.39. The number of aliphatic carboxylic acids is 1. The molecule has 1 spiro atoms. The fourth-order valence-electron chi connectivity index (χ4n) is 5.58. The maximum Gasteiger partial charge on any atom is 0.338 e. The van der Waals surface area contributed by atoms with E-state index in [1.54, 1.807) is 18.5 Å². The summed E-state index contributed by atoms with van der Waals surface area (Å²) in [7, 11) is 0. The van der Waals surface area contributed by atoms with E-state index in [0.29, 0.717) is 5.01 Å². The summed E-state index contributed by atoms with van der Waals surface area (Å²) < 4.78 is 49.2. The minimum atomic E-state index is -3.23. The fraction of sp³-hybridized carbons (Fsp3) is 0.440. The smallest absolute Gasteiger partial charge is 0.338 e. The number of hydrazine groups is 1. The lowest BCUT2D eigenvalue weighted by Gasteiger charge is -2.49. The summed E-state index contributed by atoms with van der Waals surface area (Å²) in [5.74, 6) is -2.44. The summed E-state index contributed by atoms with van der Waals surface area (Å²) in [5, 5.41) is 15.6. The molecule has 3 heterocycles. The van der Waals surface area contributed by atoms with Crippen LogP contribution in [0.1, 0.15) is 49.2 Å². The van der Waals surface area contributed by atoms with E-state index in [1.807, 2.05) is 0 Å². The molecule has 208 valence electrons. The maximum atomic E-state index is 14.7. The number of halogens is 4. The molecule has 1 saturated carbocycles. The number of carbonyl (C=O) groups is 2. The largest absolute Gasteiger partial charge is 0.481 e. The van der Waals surface area contributed by atoms with Gasteiger partial charge in [0.15, 0.2) is 10.8 Å². The molecule has 1 saturated heterocycles. The number of benzene rings is 1. The van der Waals surface area contributed by atoms with E-state index in [4.69, 9.17) is 21.4 Å². The SMILES string of the molecule is CCOC(=O)C1=C(CN2NC(F)(F)CC23CC(CC(=O)O)C3)NC(c2nccs2)=N[C@H]1c1cccc(F)c1Cl. The molecule has 0 bridgehead atoms. The number of aliphatic imine (C=N–C) groups is 1. The van der Waals surface area contributed by atoms with Crippen molar-refractivity contribution in [3.05, 3.63) is 62.5 Å². The molecule has 3 N–H and O–H groups in total. The summed E-state index contributed by atoms with van der Waals surface area (Å²) in [6.07, 6.45) is 1.43. The number of carbonyl (C=O) groups excluding carboxylic acids is 1. The highest BCUT2D eigenvalue weighted by Crippen LogP contribution is 2.52. The van der Waals surface area contributed by atoms with E-state index >= 15 is 0 Å². The average Bonchev–Trinajstić information content (AvgIpc) is 3.46. The number of ether oxygens (including phenoxy) is 1. The summed E-state index contributed by atoms with van der Waals surface area (Å²) in [4.78, 5) is 33.4. The Hall–Kier alpha value is -3.00. The van der Waals surface area contributed by atoms with Crippen molar-refractivity contribution in [1.82, 2.24) is 20.7 Å². The molecule has 2 aliphatic heterocycles. The Bertz CT molecular complexity index is 1350. The molecule has 3 aliphatic rings. The first-order valence-corrected chi connectivity index (χ1v) is 13.5. The predicted octanol–water partition coefficient (Wildman–Crippen LogP) is 4.27. The van der Waals surface area contributed by atoms with Gasteiger partial charge in [-0.3, -0.25) is 9.79 Å². The van der Waals surface area contributed by atoms with E-state index in [0.717, 1.165) is 0 Å². The average molecular weight is 584 g/mol. The topological polar surface area (TPSA) is 116 Å². The Morgan fingerprint density at radius 2 is 2.10 bits per heavy atom. The van der Waals surface area contributed by atoms with Gasteiger partial charge in [0.05, 0.1) is 23.7 Å². The number of hydrogen-bond donors (Lipinski definition) is 3. The number of nitrogens with one attached hydrogen (secondary N) is 2. The number of hydrogen-bond acceptors (Lipinski definition) is 9. The van der Waals surface area contributed by atoms with E-state index in [1.165, 1.54) is 34.5 Å². The number of carboxylic acids is 1. The number of esters is 1. The number of amidine groups is 1. The zero-order valence-electron chi connectivity index (χ0n) is 20.7. The van der Waals surface area contributed by atoms with Crippen molar-refractivity contribution in [1.29, 1.82) is 0 Å². The van der Waals surface area contributed by atoms with Gasteiger partial charge in [0, 0.05) is 41.2 Å². The van der Waals surface area contributed by atoms with Crippen molar-refractivity contribution < 1.29 is 32.6 Å². The van der Waals surface area contributed by atoms with Crippen molar-refractivity contribution in [2.75, 3.05) is 13.2 Å². The molecule has 9 nitrogen and oxygen atoms in total. The van der Waals surface area contributed by atoms with E-state index < -0.39 is 41.8 Å². The highest BCUT2D eigenvalue weighted by Gasteiger charge is 2.60. The summed E-state index contributed by atoms with van der Waals surface area (Å²) in [6, 6.07) is -0.188. The molecule has 1 aromatic carbocycles. The van der Waals surface area contributed by atoms with E-state index in [9.17, 15) is 22.8 Å². The van der Waals surface area contributed by atoms with Crippen LogP contribution in [-0.2, 0) is 14.3 Å². The van der Waals surface area contributed by atoms with Gasteiger partial charge in [0.2, 0.25) is 0 Å². The van der Waals surface area contributed by atoms with Gasteiger partial charge < -0.3 is 15.2 Å². The molecule has 1 aliphatic carbocycles. The van der Waals surface area contributed by atoms with Crippen molar-refractivity contribution in [2.24, 2.45) is 10.9 Å². The molecule has 5 rings (SSSR count). The number of thiazole rings is 1. The quantitative estimate of drug-likeness (QED) is 0.312. The van der Waals surface area contributed by atoms with Crippen LogP contribution in [0.15, 0.2) is 46.0 Å². The molecule has 2 fully saturated rings. The number of nitrogens with zero attached hydrogens (tertiary/aromatic N) is 3. The molecule has 1 atom stereocenters. The second kappa shape index (κ2) is 10.5. The van der Waals surface area contributed by atoms with Gasteiger partial charge >= 0.3 is 18.0 Å². The van der Waals surface area contributed by atoms with E-state index in [2.05, 4.69) is 20.7 Å². The number of carboxylic acid groups (broad SMARTS) is 1. The molecular formula is C25H25ClF3N5O4S. The molecule has 2 aromatic rings. The Balaban J connectivity index is 1.58. The second-order valence-corrected chi connectivity index (χ2v) is 11.0. The lowest BCUT2D eigenvalue weighted by molar-refractivity contribution is -0.141. The standard InChI is InChI=1S/C25H25ClF3N5O4S/c1-2-38-23(37)18-16(11-34-24(12-25(28,29)33-34)9-13(10-24)8-17(35)36)31-21(22-30-6-7-39-22)32-20(18)14-4-3-5-15(27)19(14)26/h3-7,13,20,33H,2,8-12H2,1H3,(H,31,32)(H,35,36)/t13?,20-,24?/m0/s1. The van der Waals surface area contributed by atoms with Crippen molar-refractivity contribution >= 4 is 40.7 Å². The van der Waals surface area contributed by atoms with Gasteiger partial charge in [-0.05, 0) is 31.7 Å². The van der Waals surface area contributed by atoms with Gasteiger partial charge in [-0.2, -0.15) is 14.2 Å². The first kappa shape index (κ1) is 27.6. The molecule has 14 heteroatoms. The van der Waals surface area contributed by atoms with Crippen LogP contribution < -0.4 is 10.7 Å². The predicted molar refractivity (Wildman–Crippen MR) is 137 cm³/mol. The maximum absolute atomic E-state index is 14.7. The van der Waals surface area contributed by atoms with Crippen LogP contribution in [0.3, 0.4) is 0 Å². The molecule has 0 unspecified atom stereocenters.